The second-order valence-corrected chi connectivity index (χ2v) is 6.29. The lowest BCUT2D eigenvalue weighted by atomic mass is 9.89. The Morgan fingerprint density at radius 2 is 2.38 bits per heavy atom. The minimum absolute atomic E-state index is 0.0349. The molecule has 112 valence electrons. The summed E-state index contributed by atoms with van der Waals surface area (Å²) in [5.41, 5.74) is 1.17. The molecule has 4 nitrogen and oxygen atoms in total. The van der Waals surface area contributed by atoms with Gasteiger partial charge in [-0.25, -0.2) is 0 Å². The molecule has 0 amide bonds. The number of pyridine rings is 1. The summed E-state index contributed by atoms with van der Waals surface area (Å²) in [7, 11) is 0. The SMILES string of the molecule is N#CCC[C@@H]1CC[C@]2(CCCN(Cc3ccccn3)C2)O1. The molecule has 0 aromatic carbocycles. The van der Waals surface area contributed by atoms with Crippen LogP contribution in [0.1, 0.15) is 44.2 Å². The number of aromatic nitrogens is 1. The van der Waals surface area contributed by atoms with Crippen LogP contribution in [0.25, 0.3) is 0 Å². The Morgan fingerprint density at radius 3 is 3.19 bits per heavy atom. The highest BCUT2D eigenvalue weighted by molar-refractivity contribution is 5.04. The van der Waals surface area contributed by atoms with Gasteiger partial charge in [0, 0.05) is 25.7 Å². The number of piperidine rings is 1. The standard InChI is InChI=1S/C17H23N3O/c18-10-3-6-16-7-9-17(21-16)8-4-12-20(14-17)13-15-5-1-2-11-19-15/h1-2,5,11,16H,3-4,6-9,12-14H2/t16-,17+/m1/s1. The molecular formula is C17H23N3O. The van der Waals surface area contributed by atoms with Crippen LogP contribution in [0.5, 0.6) is 0 Å². The summed E-state index contributed by atoms with van der Waals surface area (Å²) in [5, 5.41) is 8.71. The van der Waals surface area contributed by atoms with Gasteiger partial charge in [0.2, 0.25) is 0 Å². The van der Waals surface area contributed by atoms with Crippen LogP contribution in [0.2, 0.25) is 0 Å². The largest absolute Gasteiger partial charge is 0.370 e. The molecule has 1 aromatic heterocycles. The third-order valence-electron chi connectivity index (χ3n) is 4.65. The Bertz CT molecular complexity index is 499. The van der Waals surface area contributed by atoms with Crippen LogP contribution in [-0.4, -0.2) is 34.7 Å². The first-order valence-electron chi connectivity index (χ1n) is 7.97. The fourth-order valence-electron chi connectivity index (χ4n) is 3.67. The highest BCUT2D eigenvalue weighted by atomic mass is 16.5. The fourth-order valence-corrected chi connectivity index (χ4v) is 3.67. The van der Waals surface area contributed by atoms with Crippen molar-refractivity contribution in [1.29, 1.82) is 5.26 Å². The zero-order chi connectivity index (χ0) is 14.5. The summed E-state index contributed by atoms with van der Waals surface area (Å²) >= 11 is 0. The van der Waals surface area contributed by atoms with Gasteiger partial charge in [0.1, 0.15) is 0 Å². The van der Waals surface area contributed by atoms with Gasteiger partial charge in [0.25, 0.3) is 0 Å². The number of nitrogens with zero attached hydrogens (tertiary/aromatic N) is 3. The predicted molar refractivity (Wildman–Crippen MR) is 80.4 cm³/mol. The molecule has 2 atom stereocenters. The van der Waals surface area contributed by atoms with Crippen molar-refractivity contribution in [1.82, 2.24) is 9.88 Å². The van der Waals surface area contributed by atoms with Gasteiger partial charge in [-0.3, -0.25) is 9.88 Å². The maximum Gasteiger partial charge on any atom is 0.0814 e. The van der Waals surface area contributed by atoms with Gasteiger partial charge >= 0.3 is 0 Å². The number of ether oxygens (including phenoxy) is 1. The van der Waals surface area contributed by atoms with Crippen LogP contribution in [0.3, 0.4) is 0 Å². The van der Waals surface area contributed by atoms with Crippen LogP contribution in [0, 0.1) is 11.3 Å². The molecule has 3 rings (SSSR count). The van der Waals surface area contributed by atoms with Crippen LogP contribution < -0.4 is 0 Å². The Labute approximate surface area is 126 Å². The van der Waals surface area contributed by atoms with E-state index in [4.69, 9.17) is 10.00 Å². The van der Waals surface area contributed by atoms with Gasteiger partial charge in [0.15, 0.2) is 0 Å². The minimum atomic E-state index is 0.0349. The van der Waals surface area contributed by atoms with Crippen molar-refractivity contribution in [2.45, 2.75) is 56.8 Å². The van der Waals surface area contributed by atoms with Gasteiger partial charge in [-0.2, -0.15) is 5.26 Å². The lowest BCUT2D eigenvalue weighted by Gasteiger charge is -2.40. The van der Waals surface area contributed by atoms with E-state index >= 15 is 0 Å². The summed E-state index contributed by atoms with van der Waals surface area (Å²) in [6.45, 7) is 3.05. The van der Waals surface area contributed by atoms with E-state index in [1.54, 1.807) is 0 Å². The Balaban J connectivity index is 1.57. The Morgan fingerprint density at radius 1 is 1.43 bits per heavy atom. The van der Waals surface area contributed by atoms with Crippen LogP contribution in [0.15, 0.2) is 24.4 Å². The summed E-state index contributed by atoms with van der Waals surface area (Å²) < 4.78 is 6.35. The number of rotatable bonds is 4. The van der Waals surface area contributed by atoms with E-state index in [0.29, 0.717) is 12.5 Å². The molecule has 2 fully saturated rings. The molecular weight excluding hydrogens is 262 g/mol. The Hall–Kier alpha value is -1.44. The van der Waals surface area contributed by atoms with Gasteiger partial charge in [0.05, 0.1) is 23.5 Å². The number of nitriles is 1. The maximum atomic E-state index is 8.71. The summed E-state index contributed by atoms with van der Waals surface area (Å²) in [4.78, 5) is 6.90. The van der Waals surface area contributed by atoms with Crippen LogP contribution in [0.4, 0.5) is 0 Å². The number of likely N-dealkylation sites (tertiary alicyclic amines) is 1. The highest BCUT2D eigenvalue weighted by Gasteiger charge is 2.42. The molecule has 4 heteroatoms. The second kappa shape index (κ2) is 6.55. The van der Waals surface area contributed by atoms with E-state index < -0.39 is 0 Å². The molecule has 0 aliphatic carbocycles. The lowest BCUT2D eigenvalue weighted by molar-refractivity contribution is -0.0860. The van der Waals surface area contributed by atoms with Crippen molar-refractivity contribution in [3.8, 4) is 6.07 Å². The minimum Gasteiger partial charge on any atom is -0.370 e. The third kappa shape index (κ3) is 3.61. The first kappa shape index (κ1) is 14.5. The first-order valence-corrected chi connectivity index (χ1v) is 7.97. The smallest absolute Gasteiger partial charge is 0.0814 e. The van der Waals surface area contributed by atoms with Gasteiger partial charge < -0.3 is 4.74 Å². The maximum absolute atomic E-state index is 8.71. The van der Waals surface area contributed by atoms with Crippen molar-refractivity contribution >= 4 is 0 Å². The van der Waals surface area contributed by atoms with E-state index in [-0.39, 0.29) is 5.60 Å². The van der Waals surface area contributed by atoms with E-state index in [1.807, 2.05) is 18.3 Å². The van der Waals surface area contributed by atoms with Crippen molar-refractivity contribution in [3.63, 3.8) is 0 Å². The fraction of sp³-hybridized carbons (Fsp3) is 0.647. The molecule has 0 saturated carbocycles. The van der Waals surface area contributed by atoms with Gasteiger partial charge in [-0.15, -0.1) is 0 Å². The zero-order valence-electron chi connectivity index (χ0n) is 12.5. The molecule has 2 aliphatic heterocycles. The van der Waals surface area contributed by atoms with Crippen LogP contribution >= 0.6 is 0 Å². The van der Waals surface area contributed by atoms with Crippen molar-refractivity contribution in [3.05, 3.63) is 30.1 Å². The molecule has 0 N–H and O–H groups in total. The quantitative estimate of drug-likeness (QED) is 0.853. The predicted octanol–water partition coefficient (Wildman–Crippen LogP) is 2.90. The lowest BCUT2D eigenvalue weighted by Crippen LogP contribution is -2.47. The summed E-state index contributed by atoms with van der Waals surface area (Å²) in [6.07, 6.45) is 8.25. The first-order chi connectivity index (χ1) is 10.3. The zero-order valence-corrected chi connectivity index (χ0v) is 12.5. The molecule has 0 radical (unpaired) electrons. The molecule has 2 saturated heterocycles. The average molecular weight is 285 g/mol. The molecule has 3 heterocycles. The molecule has 2 aliphatic rings. The van der Waals surface area contributed by atoms with Gasteiger partial charge in [-0.05, 0) is 50.8 Å². The molecule has 1 spiro atoms. The highest BCUT2D eigenvalue weighted by Crippen LogP contribution is 2.39. The molecule has 21 heavy (non-hydrogen) atoms. The molecule has 0 unspecified atom stereocenters. The van der Waals surface area contributed by atoms with Crippen molar-refractivity contribution in [2.75, 3.05) is 13.1 Å². The van der Waals surface area contributed by atoms with E-state index in [1.165, 1.54) is 6.42 Å². The monoisotopic (exact) mass is 285 g/mol. The summed E-state index contributed by atoms with van der Waals surface area (Å²) in [6, 6.07) is 8.33. The van der Waals surface area contributed by atoms with Crippen molar-refractivity contribution in [2.24, 2.45) is 0 Å². The number of hydrogen-bond donors (Lipinski definition) is 0. The van der Waals surface area contributed by atoms with Crippen LogP contribution in [-0.2, 0) is 11.3 Å². The Kier molecular flexibility index (Phi) is 4.52. The van der Waals surface area contributed by atoms with Gasteiger partial charge in [-0.1, -0.05) is 6.07 Å². The number of hydrogen-bond acceptors (Lipinski definition) is 4. The van der Waals surface area contributed by atoms with E-state index in [2.05, 4.69) is 22.0 Å². The normalized spacial score (nSPS) is 29.6. The summed E-state index contributed by atoms with van der Waals surface area (Å²) in [5.74, 6) is 0. The van der Waals surface area contributed by atoms with E-state index in [9.17, 15) is 0 Å². The second-order valence-electron chi connectivity index (χ2n) is 6.29. The molecule has 1 aromatic rings. The van der Waals surface area contributed by atoms with E-state index in [0.717, 1.165) is 51.0 Å². The van der Waals surface area contributed by atoms with Crippen molar-refractivity contribution < 1.29 is 4.74 Å². The topological polar surface area (TPSA) is 49.2 Å². The third-order valence-corrected chi connectivity index (χ3v) is 4.65. The average Bonchev–Trinajstić information content (AvgIpc) is 2.89. The molecule has 0 bridgehead atoms.